The first-order chi connectivity index (χ1) is 13.9. The highest BCUT2D eigenvalue weighted by Crippen LogP contribution is 2.28. The van der Waals surface area contributed by atoms with Gasteiger partial charge in [0.1, 0.15) is 0 Å². The maximum absolute atomic E-state index is 13.4. The fourth-order valence-corrected chi connectivity index (χ4v) is 3.47. The van der Waals surface area contributed by atoms with E-state index in [-0.39, 0.29) is 5.69 Å². The molecule has 1 aromatic carbocycles. The Labute approximate surface area is 169 Å². The average molecular weight is 416 g/mol. The minimum absolute atomic E-state index is 0.144. The van der Waals surface area contributed by atoms with E-state index in [4.69, 9.17) is 0 Å². The van der Waals surface area contributed by atoms with E-state index in [1.165, 1.54) is 17.8 Å². The van der Waals surface area contributed by atoms with Crippen molar-refractivity contribution < 1.29 is 14.1 Å². The molecule has 1 atom stereocenters. The van der Waals surface area contributed by atoms with Crippen molar-refractivity contribution in [2.45, 2.75) is 30.8 Å². The first-order valence-corrected chi connectivity index (χ1v) is 9.53. The molecule has 0 bridgehead atoms. The number of nitrogens with zero attached hydrogens (tertiary/aromatic N) is 5. The number of benzene rings is 1. The summed E-state index contributed by atoms with van der Waals surface area (Å²) in [6.45, 7) is 4.23. The number of rotatable bonds is 7. The quantitative estimate of drug-likeness (QED) is 0.356. The molecular weight excluding hydrogens is 399 g/mol. The van der Waals surface area contributed by atoms with Crippen LogP contribution in [0.4, 0.5) is 15.8 Å². The zero-order valence-corrected chi connectivity index (χ0v) is 16.4. The summed E-state index contributed by atoms with van der Waals surface area (Å²) in [6, 6.07) is 6.85. The van der Waals surface area contributed by atoms with Crippen LogP contribution in [0, 0.1) is 15.9 Å². The topological polar surface area (TPSA) is 116 Å². The Morgan fingerprint density at radius 1 is 1.31 bits per heavy atom. The molecule has 2 heterocycles. The molecule has 3 aromatic rings. The van der Waals surface area contributed by atoms with Gasteiger partial charge in [0.25, 0.3) is 0 Å². The molecule has 0 saturated carbocycles. The number of carbonyl (C=O) groups excluding carboxylic acids is 1. The Morgan fingerprint density at radius 3 is 2.69 bits per heavy atom. The van der Waals surface area contributed by atoms with E-state index in [1.54, 1.807) is 19.3 Å². The summed E-state index contributed by atoms with van der Waals surface area (Å²) in [4.78, 5) is 26.5. The van der Waals surface area contributed by atoms with Crippen molar-refractivity contribution in [2.75, 3.05) is 5.32 Å². The van der Waals surface area contributed by atoms with Crippen molar-refractivity contribution >= 4 is 29.0 Å². The van der Waals surface area contributed by atoms with Crippen molar-refractivity contribution in [3.05, 3.63) is 58.7 Å². The zero-order chi connectivity index (χ0) is 21.0. The van der Waals surface area contributed by atoms with E-state index >= 15 is 0 Å². The van der Waals surface area contributed by atoms with Crippen molar-refractivity contribution in [1.82, 2.24) is 19.7 Å². The maximum atomic E-state index is 13.4. The van der Waals surface area contributed by atoms with E-state index in [1.807, 2.05) is 23.6 Å². The number of anilines is 1. The Kier molecular flexibility index (Phi) is 6.17. The third-order valence-corrected chi connectivity index (χ3v) is 5.11. The molecule has 0 saturated heterocycles. The molecule has 0 spiro atoms. The first-order valence-electron chi connectivity index (χ1n) is 8.65. The summed E-state index contributed by atoms with van der Waals surface area (Å²) in [7, 11) is 0. The summed E-state index contributed by atoms with van der Waals surface area (Å²) < 4.78 is 15.3. The number of thioether (sulfide) groups is 1. The number of aromatic nitrogens is 4. The van der Waals surface area contributed by atoms with Gasteiger partial charge in [-0.15, -0.1) is 10.2 Å². The molecule has 2 aromatic heterocycles. The number of hydrogen-bond donors (Lipinski definition) is 1. The smallest absolute Gasteiger partial charge is 0.306 e. The van der Waals surface area contributed by atoms with Crippen molar-refractivity contribution in [3.8, 4) is 11.4 Å². The van der Waals surface area contributed by atoms with Gasteiger partial charge in [-0.3, -0.25) is 19.9 Å². The second-order valence-electron chi connectivity index (χ2n) is 5.96. The molecule has 9 nitrogen and oxygen atoms in total. The van der Waals surface area contributed by atoms with Crippen molar-refractivity contribution in [3.63, 3.8) is 0 Å². The predicted octanol–water partition coefficient (Wildman–Crippen LogP) is 3.53. The number of pyridine rings is 1. The second-order valence-corrected chi connectivity index (χ2v) is 7.27. The van der Waals surface area contributed by atoms with Gasteiger partial charge in [0.2, 0.25) is 11.7 Å². The average Bonchev–Trinajstić information content (AvgIpc) is 3.12. The normalized spacial score (nSPS) is 11.8. The maximum Gasteiger partial charge on any atom is 0.306 e. The largest absolute Gasteiger partial charge is 0.325 e. The number of nitrogens with one attached hydrogen (secondary N) is 1. The molecular formula is C18H17FN6O3S. The van der Waals surface area contributed by atoms with Gasteiger partial charge in [0, 0.05) is 36.3 Å². The first kappa shape index (κ1) is 20.4. The standard InChI is InChI=1S/C18H17FN6O3S/c1-3-24-16(12-6-8-20-9-7-12)22-23-18(24)29-11(2)17(26)21-13-4-5-14(19)15(10-13)25(27)28/h4-11H,3H2,1-2H3,(H,21,26)/t11-/m1/s1. The van der Waals surface area contributed by atoms with Crippen LogP contribution in [0.25, 0.3) is 11.4 Å². The molecule has 0 radical (unpaired) electrons. The van der Waals surface area contributed by atoms with E-state index < -0.39 is 27.6 Å². The lowest BCUT2D eigenvalue weighted by Gasteiger charge is -2.13. The summed E-state index contributed by atoms with van der Waals surface area (Å²) in [5.41, 5.74) is 0.303. The molecule has 0 unspecified atom stereocenters. The fourth-order valence-electron chi connectivity index (χ4n) is 2.56. The molecule has 150 valence electrons. The van der Waals surface area contributed by atoms with E-state index in [0.29, 0.717) is 17.5 Å². The monoisotopic (exact) mass is 416 g/mol. The lowest BCUT2D eigenvalue weighted by Crippen LogP contribution is -2.23. The Morgan fingerprint density at radius 2 is 2.03 bits per heavy atom. The molecule has 1 N–H and O–H groups in total. The van der Waals surface area contributed by atoms with Crippen LogP contribution in [-0.2, 0) is 11.3 Å². The van der Waals surface area contributed by atoms with Crippen LogP contribution in [0.5, 0.6) is 0 Å². The van der Waals surface area contributed by atoms with Crippen LogP contribution < -0.4 is 5.32 Å². The minimum atomic E-state index is -0.963. The number of nitro benzene ring substituents is 1. The molecule has 29 heavy (non-hydrogen) atoms. The van der Waals surface area contributed by atoms with Gasteiger partial charge >= 0.3 is 5.69 Å². The van der Waals surface area contributed by atoms with Crippen LogP contribution >= 0.6 is 11.8 Å². The molecule has 11 heteroatoms. The molecule has 0 aliphatic carbocycles. The third kappa shape index (κ3) is 4.57. The van der Waals surface area contributed by atoms with E-state index in [0.717, 1.165) is 17.7 Å². The molecule has 0 aliphatic rings. The number of amides is 1. The SMILES string of the molecule is CCn1c(S[C@H](C)C(=O)Nc2ccc(F)c([N+](=O)[O-])c2)nnc1-c1ccncc1. The van der Waals surface area contributed by atoms with Gasteiger partial charge in [-0.05, 0) is 38.1 Å². The Bertz CT molecular complexity index is 1040. The Balaban J connectivity index is 1.74. The van der Waals surface area contributed by atoms with Crippen LogP contribution in [-0.4, -0.2) is 35.8 Å². The molecule has 0 fully saturated rings. The highest BCUT2D eigenvalue weighted by Gasteiger charge is 2.22. The van der Waals surface area contributed by atoms with Gasteiger partial charge < -0.3 is 9.88 Å². The van der Waals surface area contributed by atoms with Crippen molar-refractivity contribution in [2.24, 2.45) is 0 Å². The van der Waals surface area contributed by atoms with E-state index in [9.17, 15) is 19.3 Å². The highest BCUT2D eigenvalue weighted by atomic mass is 32.2. The summed E-state index contributed by atoms with van der Waals surface area (Å²) >= 11 is 1.21. The van der Waals surface area contributed by atoms with Gasteiger partial charge in [-0.1, -0.05) is 11.8 Å². The second kappa shape index (κ2) is 8.78. The van der Waals surface area contributed by atoms with Gasteiger partial charge in [0.15, 0.2) is 11.0 Å². The summed E-state index contributed by atoms with van der Waals surface area (Å²) in [6.07, 6.45) is 3.32. The number of hydrogen-bond acceptors (Lipinski definition) is 7. The fraction of sp³-hybridized carbons (Fsp3) is 0.222. The summed E-state index contributed by atoms with van der Waals surface area (Å²) in [5, 5.41) is 21.8. The highest BCUT2D eigenvalue weighted by molar-refractivity contribution is 8.00. The molecule has 1 amide bonds. The summed E-state index contributed by atoms with van der Waals surface area (Å²) in [5.74, 6) is -0.693. The van der Waals surface area contributed by atoms with Crippen LogP contribution in [0.2, 0.25) is 0 Å². The van der Waals surface area contributed by atoms with Gasteiger partial charge in [0.05, 0.1) is 10.2 Å². The van der Waals surface area contributed by atoms with Gasteiger partial charge in [-0.25, -0.2) is 0 Å². The number of halogens is 1. The molecule has 0 aliphatic heterocycles. The number of carbonyl (C=O) groups is 1. The zero-order valence-electron chi connectivity index (χ0n) is 15.6. The van der Waals surface area contributed by atoms with E-state index in [2.05, 4.69) is 20.5 Å². The Hall–Kier alpha value is -3.34. The third-order valence-electron chi connectivity index (χ3n) is 4.03. The molecule has 3 rings (SSSR count). The van der Waals surface area contributed by atoms with Crippen LogP contribution in [0.3, 0.4) is 0 Å². The van der Waals surface area contributed by atoms with Crippen molar-refractivity contribution in [1.29, 1.82) is 0 Å². The lowest BCUT2D eigenvalue weighted by atomic mass is 10.2. The van der Waals surface area contributed by atoms with Crippen LogP contribution in [0.15, 0.2) is 47.9 Å². The lowest BCUT2D eigenvalue weighted by molar-refractivity contribution is -0.387. The van der Waals surface area contributed by atoms with Gasteiger partial charge in [-0.2, -0.15) is 4.39 Å². The van der Waals surface area contributed by atoms with Crippen LogP contribution in [0.1, 0.15) is 13.8 Å². The minimum Gasteiger partial charge on any atom is -0.325 e. The predicted molar refractivity (Wildman–Crippen MR) is 106 cm³/mol. The number of nitro groups is 1.